The zero-order valence-corrected chi connectivity index (χ0v) is 17.2. The third kappa shape index (κ3) is 5.03. The van der Waals surface area contributed by atoms with Gasteiger partial charge in [-0.3, -0.25) is 4.79 Å². The Bertz CT molecular complexity index is 851. The lowest BCUT2D eigenvalue weighted by Crippen LogP contribution is -2.29. The molecule has 6 nitrogen and oxygen atoms in total. The summed E-state index contributed by atoms with van der Waals surface area (Å²) >= 11 is 1.25. The van der Waals surface area contributed by atoms with Crippen molar-refractivity contribution in [2.45, 2.75) is 42.4 Å². The zero-order valence-electron chi connectivity index (χ0n) is 15.6. The summed E-state index contributed by atoms with van der Waals surface area (Å²) in [5, 5.41) is 5.13. The first-order chi connectivity index (χ1) is 13.1. The molecule has 1 aromatic carbocycles. The van der Waals surface area contributed by atoms with E-state index >= 15 is 0 Å². The quantitative estimate of drug-likeness (QED) is 0.675. The number of halogens is 2. The number of nitrogens with zero attached hydrogens (tertiary/aromatic N) is 1. The van der Waals surface area contributed by atoms with Crippen LogP contribution in [0.1, 0.15) is 30.7 Å². The number of carbonyl (C=O) groups is 1. The maximum absolute atomic E-state index is 13.6. The number of hydrazine groups is 1. The Morgan fingerprint density at radius 1 is 1.29 bits per heavy atom. The van der Waals surface area contributed by atoms with Crippen molar-refractivity contribution in [1.29, 1.82) is 0 Å². The fraction of sp³-hybridized carbons (Fsp3) is 0.500. The molecule has 2 unspecified atom stereocenters. The Morgan fingerprint density at radius 2 is 1.89 bits per heavy atom. The first-order valence-electron chi connectivity index (χ1n) is 8.89. The van der Waals surface area contributed by atoms with Crippen LogP contribution in [0.3, 0.4) is 0 Å². The molecular weight excluding hydrogens is 408 g/mol. The highest BCUT2D eigenvalue weighted by Crippen LogP contribution is 2.38. The van der Waals surface area contributed by atoms with Gasteiger partial charge in [0.2, 0.25) is 5.91 Å². The van der Waals surface area contributed by atoms with Crippen LogP contribution in [-0.2, 0) is 14.6 Å². The van der Waals surface area contributed by atoms with Crippen LogP contribution in [0, 0.1) is 5.92 Å². The Morgan fingerprint density at radius 3 is 2.39 bits per heavy atom. The Labute approximate surface area is 167 Å². The predicted octanol–water partition coefficient (Wildman–Crippen LogP) is 2.66. The van der Waals surface area contributed by atoms with Crippen LogP contribution in [0.4, 0.5) is 8.78 Å². The van der Waals surface area contributed by atoms with Crippen LogP contribution in [0.2, 0.25) is 0 Å². The summed E-state index contributed by atoms with van der Waals surface area (Å²) in [4.78, 5) is 16.0. The van der Waals surface area contributed by atoms with Crippen LogP contribution in [0.25, 0.3) is 0 Å². The topological polar surface area (TPSA) is 78.5 Å². The minimum absolute atomic E-state index is 0.0914. The maximum Gasteiger partial charge on any atom is 0.232 e. The lowest BCUT2D eigenvalue weighted by Gasteiger charge is -2.21. The molecule has 0 bridgehead atoms. The van der Waals surface area contributed by atoms with Crippen molar-refractivity contribution in [1.82, 2.24) is 15.2 Å². The first kappa shape index (κ1) is 21.1. The van der Waals surface area contributed by atoms with Crippen molar-refractivity contribution in [2.75, 3.05) is 13.3 Å². The maximum atomic E-state index is 13.6. The number of nitrogens with one attached hydrogen (secondary N) is 2. The van der Waals surface area contributed by atoms with E-state index in [0.717, 1.165) is 6.26 Å². The molecule has 2 aliphatic rings. The van der Waals surface area contributed by atoms with Gasteiger partial charge in [0, 0.05) is 19.5 Å². The molecule has 2 N–H and O–H groups in total. The molecule has 1 fully saturated rings. The number of benzene rings is 1. The highest BCUT2D eigenvalue weighted by Gasteiger charge is 2.37. The normalized spacial score (nSPS) is 26.2. The molecule has 1 heterocycles. The minimum Gasteiger partial charge on any atom is -0.318 e. The SMILES string of the molecule is CN1C=C(NC(=O)[C@H](CC2CC(F)C(F)C2)c2ccc(S(C)(=O)=O)cc2)SN1. The second-order valence-electron chi connectivity index (χ2n) is 7.29. The smallest absolute Gasteiger partial charge is 0.232 e. The average Bonchev–Trinajstić information content (AvgIpc) is 3.17. The van der Waals surface area contributed by atoms with Gasteiger partial charge in [-0.2, -0.15) is 4.83 Å². The molecule has 1 amide bonds. The summed E-state index contributed by atoms with van der Waals surface area (Å²) in [6.07, 6.45) is 0.325. The fourth-order valence-corrected chi connectivity index (χ4v) is 4.80. The lowest BCUT2D eigenvalue weighted by atomic mass is 9.87. The molecule has 0 radical (unpaired) electrons. The molecular formula is C18H23F2N3O3S2. The number of carbonyl (C=O) groups excluding carboxylic acids is 1. The van der Waals surface area contributed by atoms with Gasteiger partial charge in [-0.25, -0.2) is 17.2 Å². The van der Waals surface area contributed by atoms with Crippen molar-refractivity contribution in [3.63, 3.8) is 0 Å². The molecule has 0 saturated heterocycles. The van der Waals surface area contributed by atoms with Crippen molar-refractivity contribution in [2.24, 2.45) is 5.92 Å². The Hall–Kier alpha value is -1.65. The highest BCUT2D eigenvalue weighted by molar-refractivity contribution is 8.01. The van der Waals surface area contributed by atoms with Crippen LogP contribution in [-0.4, -0.2) is 45.0 Å². The molecule has 28 heavy (non-hydrogen) atoms. The molecule has 154 valence electrons. The third-order valence-corrected chi connectivity index (χ3v) is 6.90. The van der Waals surface area contributed by atoms with Crippen molar-refractivity contribution >= 4 is 27.7 Å². The number of alkyl halides is 2. The summed E-state index contributed by atoms with van der Waals surface area (Å²) in [6, 6.07) is 6.09. The monoisotopic (exact) mass is 431 g/mol. The Kier molecular flexibility index (Phi) is 6.31. The van der Waals surface area contributed by atoms with E-state index in [1.165, 1.54) is 24.1 Å². The van der Waals surface area contributed by atoms with E-state index in [9.17, 15) is 22.0 Å². The third-order valence-electron chi connectivity index (χ3n) is 4.96. The summed E-state index contributed by atoms with van der Waals surface area (Å²) < 4.78 is 50.6. The predicted molar refractivity (Wildman–Crippen MR) is 104 cm³/mol. The molecule has 1 aliphatic carbocycles. The van der Waals surface area contributed by atoms with E-state index in [4.69, 9.17) is 0 Å². The van der Waals surface area contributed by atoms with Gasteiger partial charge >= 0.3 is 0 Å². The molecule has 1 aromatic rings. The van der Waals surface area contributed by atoms with Gasteiger partial charge in [0.05, 0.1) is 10.8 Å². The van der Waals surface area contributed by atoms with Crippen LogP contribution in [0.15, 0.2) is 40.4 Å². The molecule has 3 atom stereocenters. The van der Waals surface area contributed by atoms with Crippen molar-refractivity contribution < 1.29 is 22.0 Å². The summed E-state index contributed by atoms with van der Waals surface area (Å²) in [6.45, 7) is 0. The molecule has 0 aromatic heterocycles. The molecule has 1 aliphatic heterocycles. The standard InChI is InChI=1S/C18H23F2N3O3S2/c1-23-10-17(27-22-23)21-18(24)14(7-11-8-15(19)16(20)9-11)12-3-5-13(6-4-12)28(2,25)26/h3-6,10-11,14-16,22H,7-9H2,1-2H3,(H,21,24)/t11?,14-,15?,16?/m1/s1. The van der Waals surface area contributed by atoms with Gasteiger partial charge < -0.3 is 10.3 Å². The van der Waals surface area contributed by atoms with Gasteiger partial charge in [-0.05, 0) is 54.8 Å². The van der Waals surface area contributed by atoms with E-state index in [-0.39, 0.29) is 29.6 Å². The van der Waals surface area contributed by atoms with Crippen LogP contribution < -0.4 is 10.1 Å². The van der Waals surface area contributed by atoms with E-state index in [2.05, 4.69) is 10.1 Å². The minimum atomic E-state index is -3.35. The molecule has 10 heteroatoms. The van der Waals surface area contributed by atoms with Gasteiger partial charge in [0.1, 0.15) is 17.4 Å². The second kappa shape index (κ2) is 8.38. The highest BCUT2D eigenvalue weighted by atomic mass is 32.2. The van der Waals surface area contributed by atoms with Crippen LogP contribution >= 0.6 is 11.9 Å². The number of sulfone groups is 1. The summed E-state index contributed by atoms with van der Waals surface area (Å²) in [7, 11) is -1.57. The number of rotatable bonds is 6. The largest absolute Gasteiger partial charge is 0.318 e. The van der Waals surface area contributed by atoms with Crippen molar-refractivity contribution in [3.8, 4) is 0 Å². The average molecular weight is 432 g/mol. The Balaban J connectivity index is 1.81. The van der Waals surface area contributed by atoms with Gasteiger partial charge in [-0.1, -0.05) is 12.1 Å². The van der Waals surface area contributed by atoms with Gasteiger partial charge in [0.25, 0.3) is 0 Å². The van der Waals surface area contributed by atoms with Gasteiger partial charge in [-0.15, -0.1) is 0 Å². The second-order valence-corrected chi connectivity index (χ2v) is 10.1. The zero-order chi connectivity index (χ0) is 20.5. The summed E-state index contributed by atoms with van der Waals surface area (Å²) in [5.74, 6) is -1.18. The van der Waals surface area contributed by atoms with E-state index in [1.807, 2.05) is 0 Å². The summed E-state index contributed by atoms with van der Waals surface area (Å²) in [5.41, 5.74) is 0.618. The van der Waals surface area contributed by atoms with Crippen LogP contribution in [0.5, 0.6) is 0 Å². The lowest BCUT2D eigenvalue weighted by molar-refractivity contribution is -0.122. The molecule has 1 saturated carbocycles. The van der Waals surface area contributed by atoms with E-state index in [1.54, 1.807) is 30.4 Å². The molecule has 0 spiro atoms. The first-order valence-corrected chi connectivity index (χ1v) is 11.6. The van der Waals surface area contributed by atoms with Crippen molar-refractivity contribution in [3.05, 3.63) is 41.1 Å². The van der Waals surface area contributed by atoms with E-state index in [0.29, 0.717) is 17.0 Å². The number of amides is 1. The van der Waals surface area contributed by atoms with Gasteiger partial charge in [0.15, 0.2) is 9.84 Å². The van der Waals surface area contributed by atoms with E-state index < -0.39 is 28.1 Å². The molecule has 3 rings (SSSR count). The fourth-order valence-electron chi connectivity index (χ4n) is 3.51. The number of hydrogen-bond acceptors (Lipinski definition) is 6. The number of hydrogen-bond donors (Lipinski definition) is 2.